The number of nitrogens with one attached hydrogen (secondary N) is 1. The number of carbonyl (C=O) groups excluding carboxylic acids is 4. The summed E-state index contributed by atoms with van der Waals surface area (Å²) in [4.78, 5) is 55.2. The van der Waals surface area contributed by atoms with Gasteiger partial charge in [-0.15, -0.1) is 11.3 Å². The number of nitrogens with zero attached hydrogens (tertiary/aromatic N) is 1. The first-order valence-electron chi connectivity index (χ1n) is 8.57. The number of esters is 1. The molecule has 3 atom stereocenters. The van der Waals surface area contributed by atoms with Crippen molar-refractivity contribution in [3.63, 3.8) is 0 Å². The molecule has 10 heteroatoms. The van der Waals surface area contributed by atoms with Gasteiger partial charge in [-0.3, -0.25) is 24.0 Å². The Morgan fingerprint density at radius 3 is 2.81 bits per heavy atom. The summed E-state index contributed by atoms with van der Waals surface area (Å²) in [6.45, 7) is 1.17. The lowest BCUT2D eigenvalue weighted by Crippen LogP contribution is -2.61. The first-order valence-corrected chi connectivity index (χ1v) is 9.45. The second-order valence-electron chi connectivity index (χ2n) is 6.66. The van der Waals surface area contributed by atoms with Crippen LogP contribution in [0.5, 0.6) is 0 Å². The van der Waals surface area contributed by atoms with Crippen molar-refractivity contribution in [3.05, 3.63) is 22.4 Å². The van der Waals surface area contributed by atoms with Crippen LogP contribution in [0.15, 0.2) is 17.5 Å². The van der Waals surface area contributed by atoms with Crippen LogP contribution in [-0.2, 0) is 35.2 Å². The molecule has 0 radical (unpaired) electrons. The van der Waals surface area contributed by atoms with E-state index in [1.807, 2.05) is 17.5 Å². The third kappa shape index (κ3) is 3.87. The largest absolute Gasteiger partial charge is 0.454 e. The second kappa shape index (κ2) is 7.75. The van der Waals surface area contributed by atoms with Crippen molar-refractivity contribution in [3.8, 4) is 0 Å². The van der Waals surface area contributed by atoms with E-state index >= 15 is 0 Å². The topological polar surface area (TPSA) is 128 Å². The van der Waals surface area contributed by atoms with Gasteiger partial charge in [-0.1, -0.05) is 6.07 Å². The van der Waals surface area contributed by atoms with E-state index in [2.05, 4.69) is 5.32 Å². The number of hydroxylamine groups is 2. The van der Waals surface area contributed by atoms with Gasteiger partial charge < -0.3 is 15.8 Å². The van der Waals surface area contributed by atoms with Crippen molar-refractivity contribution in [2.75, 3.05) is 13.2 Å². The smallest absolute Gasteiger partial charge is 0.306 e. The second-order valence-corrected chi connectivity index (χ2v) is 7.70. The van der Waals surface area contributed by atoms with Crippen molar-refractivity contribution in [1.82, 2.24) is 10.4 Å². The Labute approximate surface area is 159 Å². The Hall–Kier alpha value is -2.30. The number of hydrogen-bond acceptors (Lipinski definition) is 8. The number of hydrogen-bond donors (Lipinski definition) is 2. The fourth-order valence-corrected chi connectivity index (χ4v) is 3.78. The fourth-order valence-electron chi connectivity index (χ4n) is 3.07. The number of ether oxygens (including phenoxy) is 1. The van der Waals surface area contributed by atoms with Crippen LogP contribution in [0.2, 0.25) is 0 Å². The normalized spacial score (nSPS) is 24.6. The van der Waals surface area contributed by atoms with E-state index in [1.165, 1.54) is 18.3 Å². The molecule has 1 aromatic heterocycles. The number of rotatable bonds is 7. The van der Waals surface area contributed by atoms with Gasteiger partial charge in [0.1, 0.15) is 18.2 Å². The van der Waals surface area contributed by atoms with Crippen LogP contribution in [0.3, 0.4) is 0 Å². The molecule has 2 amide bonds. The summed E-state index contributed by atoms with van der Waals surface area (Å²) in [6, 6.07) is 2.77. The van der Waals surface area contributed by atoms with Crippen LogP contribution in [0.4, 0.5) is 0 Å². The number of amides is 2. The van der Waals surface area contributed by atoms with Crippen LogP contribution in [0.1, 0.15) is 24.6 Å². The number of nitrogens with two attached hydrogens (primary N) is 1. The molecule has 2 aliphatic rings. The molecule has 27 heavy (non-hydrogen) atoms. The third-order valence-electron chi connectivity index (χ3n) is 4.67. The van der Waals surface area contributed by atoms with Crippen molar-refractivity contribution < 1.29 is 28.8 Å². The van der Waals surface area contributed by atoms with Crippen LogP contribution >= 0.6 is 11.3 Å². The zero-order valence-corrected chi connectivity index (χ0v) is 15.6. The minimum atomic E-state index is -1.49. The number of thiophene rings is 1. The Morgan fingerprint density at radius 2 is 2.22 bits per heavy atom. The minimum Gasteiger partial charge on any atom is -0.454 e. The lowest BCUT2D eigenvalue weighted by molar-refractivity contribution is -0.197. The average molecular weight is 395 g/mol. The zero-order chi connectivity index (χ0) is 19.6. The molecule has 9 nitrogen and oxygen atoms in total. The lowest BCUT2D eigenvalue weighted by Gasteiger charge is -2.35. The SMILES string of the molecule is CC(CN)(C(=O)C1CCC(=O)O1)N1OC[C@H](NC(=O)Cc2cccs2)C1=O. The van der Waals surface area contributed by atoms with Crippen molar-refractivity contribution in [2.24, 2.45) is 5.73 Å². The van der Waals surface area contributed by atoms with Crippen molar-refractivity contribution >= 4 is 34.9 Å². The van der Waals surface area contributed by atoms with Gasteiger partial charge in [0.25, 0.3) is 5.91 Å². The zero-order valence-electron chi connectivity index (χ0n) is 14.8. The van der Waals surface area contributed by atoms with Crippen LogP contribution in [0, 0.1) is 0 Å². The molecule has 146 valence electrons. The number of Topliss-reactive ketones (excluding diaryl/α,β-unsaturated/α-hetero) is 1. The summed E-state index contributed by atoms with van der Waals surface area (Å²) < 4.78 is 5.01. The predicted octanol–water partition coefficient (Wildman–Crippen LogP) is -0.459. The van der Waals surface area contributed by atoms with Crippen molar-refractivity contribution in [2.45, 2.75) is 43.9 Å². The standard InChI is InChI=1S/C17H21N3O6S/c1-17(9-18,15(23)12-4-5-14(22)26-12)20-16(24)11(8-25-20)19-13(21)7-10-3-2-6-27-10/h2-3,6,11-12H,4-5,7-9,18H2,1H3,(H,19,21)/t11-,12?,17?/m0/s1. The summed E-state index contributed by atoms with van der Waals surface area (Å²) in [5.74, 6) is -1.82. The molecule has 1 aromatic rings. The maximum atomic E-state index is 12.8. The number of ketones is 1. The highest BCUT2D eigenvalue weighted by molar-refractivity contribution is 7.10. The van der Waals surface area contributed by atoms with Gasteiger partial charge in [0.05, 0.1) is 6.42 Å². The molecular weight excluding hydrogens is 374 g/mol. The minimum absolute atomic E-state index is 0.0949. The summed E-state index contributed by atoms with van der Waals surface area (Å²) in [5, 5.41) is 5.40. The molecule has 3 N–H and O–H groups in total. The third-order valence-corrected chi connectivity index (χ3v) is 5.55. The van der Waals surface area contributed by atoms with Crippen molar-refractivity contribution in [1.29, 1.82) is 0 Å². The summed E-state index contributed by atoms with van der Waals surface area (Å²) in [7, 11) is 0. The summed E-state index contributed by atoms with van der Waals surface area (Å²) in [5.41, 5.74) is 4.28. The van der Waals surface area contributed by atoms with E-state index in [0.717, 1.165) is 9.94 Å². The molecule has 2 aliphatic heterocycles. The summed E-state index contributed by atoms with van der Waals surface area (Å²) in [6.07, 6.45) is -0.397. The van der Waals surface area contributed by atoms with Crippen LogP contribution in [0.25, 0.3) is 0 Å². The first-order chi connectivity index (χ1) is 12.8. The quantitative estimate of drug-likeness (QED) is 0.598. The van der Waals surface area contributed by atoms with Gasteiger partial charge in [-0.2, -0.15) is 0 Å². The first kappa shape index (κ1) is 19.5. The Morgan fingerprint density at radius 1 is 1.44 bits per heavy atom. The molecule has 2 fully saturated rings. The monoisotopic (exact) mass is 395 g/mol. The Bertz CT molecular complexity index is 752. The van der Waals surface area contributed by atoms with Gasteiger partial charge >= 0.3 is 5.97 Å². The molecule has 0 bridgehead atoms. The molecule has 3 heterocycles. The van der Waals surface area contributed by atoms with Gasteiger partial charge in [0.15, 0.2) is 6.10 Å². The molecule has 0 spiro atoms. The lowest BCUT2D eigenvalue weighted by atomic mass is 9.90. The molecule has 0 aromatic carbocycles. The Balaban J connectivity index is 1.65. The average Bonchev–Trinajstić information content (AvgIpc) is 3.37. The highest BCUT2D eigenvalue weighted by atomic mass is 32.1. The van der Waals surface area contributed by atoms with E-state index < -0.39 is 35.3 Å². The van der Waals surface area contributed by atoms with E-state index in [0.29, 0.717) is 0 Å². The van der Waals surface area contributed by atoms with Crippen LogP contribution in [-0.4, -0.2) is 59.5 Å². The molecule has 2 unspecified atom stereocenters. The molecular formula is C17H21N3O6S. The highest BCUT2D eigenvalue weighted by Crippen LogP contribution is 2.27. The van der Waals surface area contributed by atoms with Gasteiger partial charge in [-0.05, 0) is 18.4 Å². The van der Waals surface area contributed by atoms with E-state index in [4.69, 9.17) is 15.3 Å². The highest BCUT2D eigenvalue weighted by Gasteiger charge is 2.52. The van der Waals surface area contributed by atoms with E-state index in [1.54, 1.807) is 0 Å². The van der Waals surface area contributed by atoms with Gasteiger partial charge in [0.2, 0.25) is 11.7 Å². The number of cyclic esters (lactones) is 1. The molecule has 3 rings (SSSR count). The van der Waals surface area contributed by atoms with E-state index in [9.17, 15) is 19.2 Å². The van der Waals surface area contributed by atoms with E-state index in [-0.39, 0.29) is 38.3 Å². The molecule has 0 aliphatic carbocycles. The molecule has 0 saturated carbocycles. The summed E-state index contributed by atoms with van der Waals surface area (Å²) >= 11 is 1.45. The predicted molar refractivity (Wildman–Crippen MR) is 94.3 cm³/mol. The van der Waals surface area contributed by atoms with Gasteiger partial charge in [-0.25, -0.2) is 5.06 Å². The van der Waals surface area contributed by atoms with Crippen LogP contribution < -0.4 is 11.1 Å². The van der Waals surface area contributed by atoms with Gasteiger partial charge in [0, 0.05) is 24.3 Å². The number of carbonyl (C=O) groups is 4. The molecule has 2 saturated heterocycles. The maximum Gasteiger partial charge on any atom is 0.306 e. The Kier molecular flexibility index (Phi) is 5.59. The fraction of sp³-hybridized carbons (Fsp3) is 0.529. The maximum absolute atomic E-state index is 12.8.